The van der Waals surface area contributed by atoms with Crippen molar-refractivity contribution in [2.24, 2.45) is 0 Å². The summed E-state index contributed by atoms with van der Waals surface area (Å²) in [7, 11) is 0. The monoisotopic (exact) mass is 604 g/mol. The van der Waals surface area contributed by atoms with E-state index in [-0.39, 0.29) is 12.2 Å². The first-order valence-electron chi connectivity index (χ1n) is 15.0. The van der Waals surface area contributed by atoms with Crippen molar-refractivity contribution in [1.82, 2.24) is 19.7 Å². The molecule has 0 spiro atoms. The molecule has 0 aliphatic rings. The molecule has 0 N–H and O–H groups in total. The molecule has 0 saturated carbocycles. The van der Waals surface area contributed by atoms with E-state index in [0.717, 1.165) is 33.2 Å². The molecule has 0 aliphatic heterocycles. The van der Waals surface area contributed by atoms with Gasteiger partial charge in [-0.1, -0.05) is 103 Å². The SMILES string of the molecule is CCOC(=O)c1ccc(-c2ncnc3ccc(-c4cnn(C(c5ccccc5)(c5ccccc5)c5ccccc5)c4)cc23)cc1F. The molecule has 0 atom stereocenters. The summed E-state index contributed by atoms with van der Waals surface area (Å²) in [5.74, 6) is -1.37. The number of aromatic nitrogens is 4. The van der Waals surface area contributed by atoms with Crippen molar-refractivity contribution < 1.29 is 13.9 Å². The van der Waals surface area contributed by atoms with Gasteiger partial charge in [-0.05, 0) is 53.4 Å². The van der Waals surface area contributed by atoms with Gasteiger partial charge < -0.3 is 4.74 Å². The standard InChI is InChI=1S/C39H29FN4O2/c1-2-46-38(45)33-20-18-28(23-35(33)40)37-34-22-27(19-21-36(34)41-26-42-37)29-24-43-44(25-29)39(30-12-6-3-7-13-30,31-14-8-4-9-15-31)32-16-10-5-11-17-32/h3-26H,2H2,1H3. The maximum atomic E-state index is 15.0. The van der Waals surface area contributed by atoms with Gasteiger partial charge in [0.25, 0.3) is 0 Å². The second kappa shape index (κ2) is 12.2. The lowest BCUT2D eigenvalue weighted by atomic mass is 9.77. The number of carbonyl (C=O) groups is 1. The number of hydrogen-bond donors (Lipinski definition) is 0. The Labute approximate surface area is 265 Å². The largest absolute Gasteiger partial charge is 0.462 e. The van der Waals surface area contributed by atoms with E-state index in [0.29, 0.717) is 16.8 Å². The average Bonchev–Trinajstić information content (AvgIpc) is 3.60. The number of fused-ring (bicyclic) bond motifs is 1. The summed E-state index contributed by atoms with van der Waals surface area (Å²) < 4.78 is 22.0. The van der Waals surface area contributed by atoms with Crippen LogP contribution in [0, 0.1) is 5.82 Å². The van der Waals surface area contributed by atoms with Crippen molar-refractivity contribution in [3.05, 3.63) is 174 Å². The van der Waals surface area contributed by atoms with Crippen LogP contribution >= 0.6 is 0 Å². The molecule has 0 unspecified atom stereocenters. The van der Waals surface area contributed by atoms with Crippen molar-refractivity contribution in [3.63, 3.8) is 0 Å². The molecule has 0 amide bonds. The third-order valence-corrected chi connectivity index (χ3v) is 8.21. The van der Waals surface area contributed by atoms with Crippen molar-refractivity contribution in [2.45, 2.75) is 12.5 Å². The van der Waals surface area contributed by atoms with Gasteiger partial charge in [-0.3, -0.25) is 4.68 Å². The Morgan fingerprint density at radius 1 is 0.739 bits per heavy atom. The molecule has 7 rings (SSSR count). The van der Waals surface area contributed by atoms with E-state index >= 15 is 4.39 Å². The Balaban J connectivity index is 1.37. The van der Waals surface area contributed by atoms with Crippen LogP contribution in [0.25, 0.3) is 33.3 Å². The van der Waals surface area contributed by atoms with Gasteiger partial charge in [-0.2, -0.15) is 5.10 Å². The number of esters is 1. The second-order valence-corrected chi connectivity index (χ2v) is 10.9. The number of hydrogen-bond acceptors (Lipinski definition) is 5. The van der Waals surface area contributed by atoms with Crippen LogP contribution < -0.4 is 0 Å². The van der Waals surface area contributed by atoms with Gasteiger partial charge in [-0.25, -0.2) is 19.2 Å². The number of ether oxygens (including phenoxy) is 1. The topological polar surface area (TPSA) is 69.9 Å². The molecule has 6 nitrogen and oxygen atoms in total. The minimum Gasteiger partial charge on any atom is -0.462 e. The van der Waals surface area contributed by atoms with Crippen LogP contribution in [-0.2, 0) is 10.3 Å². The molecule has 0 aliphatic carbocycles. The fraction of sp³-hybridized carbons (Fsp3) is 0.0769. The highest BCUT2D eigenvalue weighted by atomic mass is 19.1. The van der Waals surface area contributed by atoms with Gasteiger partial charge >= 0.3 is 5.97 Å². The van der Waals surface area contributed by atoms with Crippen LogP contribution in [0.2, 0.25) is 0 Å². The highest BCUT2D eigenvalue weighted by molar-refractivity contribution is 5.96. The smallest absolute Gasteiger partial charge is 0.341 e. The number of rotatable bonds is 8. The predicted molar refractivity (Wildman–Crippen MR) is 177 cm³/mol. The van der Waals surface area contributed by atoms with Gasteiger partial charge in [0.15, 0.2) is 0 Å². The van der Waals surface area contributed by atoms with E-state index in [2.05, 4.69) is 52.6 Å². The Morgan fingerprint density at radius 2 is 1.35 bits per heavy atom. The first-order chi connectivity index (χ1) is 22.6. The Kier molecular flexibility index (Phi) is 7.64. The first kappa shape index (κ1) is 28.8. The molecule has 224 valence electrons. The molecule has 0 saturated heterocycles. The summed E-state index contributed by atoms with van der Waals surface area (Å²) in [6.45, 7) is 1.85. The fourth-order valence-electron chi connectivity index (χ4n) is 6.09. The molecule has 0 bridgehead atoms. The van der Waals surface area contributed by atoms with Crippen LogP contribution in [0.5, 0.6) is 0 Å². The lowest BCUT2D eigenvalue weighted by Gasteiger charge is -2.36. The molecular weight excluding hydrogens is 575 g/mol. The van der Waals surface area contributed by atoms with E-state index in [1.54, 1.807) is 13.0 Å². The minimum absolute atomic E-state index is 0.115. The zero-order valence-corrected chi connectivity index (χ0v) is 25.0. The van der Waals surface area contributed by atoms with Gasteiger partial charge in [-0.15, -0.1) is 0 Å². The highest BCUT2D eigenvalue weighted by Crippen LogP contribution is 2.41. The Morgan fingerprint density at radius 3 is 1.93 bits per heavy atom. The molecule has 2 aromatic heterocycles. The molecule has 46 heavy (non-hydrogen) atoms. The normalized spacial score (nSPS) is 11.4. The van der Waals surface area contributed by atoms with Crippen molar-refractivity contribution in [2.75, 3.05) is 6.61 Å². The van der Waals surface area contributed by atoms with Crippen LogP contribution in [-0.4, -0.2) is 32.3 Å². The van der Waals surface area contributed by atoms with Crippen LogP contribution in [0.4, 0.5) is 4.39 Å². The summed E-state index contributed by atoms with van der Waals surface area (Å²) in [6.07, 6.45) is 5.38. The van der Waals surface area contributed by atoms with E-state index < -0.39 is 17.3 Å². The van der Waals surface area contributed by atoms with E-state index in [9.17, 15) is 4.79 Å². The molecule has 0 radical (unpaired) electrons. The number of carbonyl (C=O) groups excluding carboxylic acids is 1. The quantitative estimate of drug-likeness (QED) is 0.129. The third-order valence-electron chi connectivity index (χ3n) is 8.21. The molecule has 5 aromatic carbocycles. The fourth-order valence-corrected chi connectivity index (χ4v) is 6.09. The number of nitrogens with zero attached hydrogens (tertiary/aromatic N) is 4. The zero-order valence-electron chi connectivity index (χ0n) is 25.0. The van der Waals surface area contributed by atoms with Crippen molar-refractivity contribution in [1.29, 1.82) is 0 Å². The Bertz CT molecular complexity index is 2050. The molecule has 7 aromatic rings. The minimum atomic E-state index is -0.745. The second-order valence-electron chi connectivity index (χ2n) is 10.9. The number of benzene rings is 5. The summed E-state index contributed by atoms with van der Waals surface area (Å²) in [4.78, 5) is 21.1. The van der Waals surface area contributed by atoms with Crippen LogP contribution in [0.3, 0.4) is 0 Å². The third kappa shape index (κ3) is 5.02. The number of halogens is 1. The van der Waals surface area contributed by atoms with Crippen LogP contribution in [0.15, 0.2) is 146 Å². The van der Waals surface area contributed by atoms with E-state index in [1.165, 1.54) is 18.5 Å². The summed E-state index contributed by atoms with van der Waals surface area (Å²) in [5.41, 5.74) is 5.96. The molecule has 7 heteroatoms. The van der Waals surface area contributed by atoms with Gasteiger partial charge in [0.1, 0.15) is 17.7 Å². The lowest BCUT2D eigenvalue weighted by Crippen LogP contribution is -2.38. The summed E-state index contributed by atoms with van der Waals surface area (Å²) in [5, 5.41) is 5.75. The van der Waals surface area contributed by atoms with Gasteiger partial charge in [0, 0.05) is 22.7 Å². The predicted octanol–water partition coefficient (Wildman–Crippen LogP) is 8.32. The van der Waals surface area contributed by atoms with E-state index in [1.807, 2.05) is 83.7 Å². The van der Waals surface area contributed by atoms with Gasteiger partial charge in [0.05, 0.1) is 29.6 Å². The average molecular weight is 605 g/mol. The zero-order chi connectivity index (χ0) is 31.5. The Hall–Kier alpha value is -5.95. The maximum Gasteiger partial charge on any atom is 0.341 e. The van der Waals surface area contributed by atoms with E-state index in [4.69, 9.17) is 9.84 Å². The highest BCUT2D eigenvalue weighted by Gasteiger charge is 2.39. The lowest BCUT2D eigenvalue weighted by molar-refractivity contribution is 0.0521. The maximum absolute atomic E-state index is 15.0. The van der Waals surface area contributed by atoms with Crippen molar-refractivity contribution in [3.8, 4) is 22.4 Å². The first-order valence-corrected chi connectivity index (χ1v) is 15.0. The van der Waals surface area contributed by atoms with Crippen molar-refractivity contribution >= 4 is 16.9 Å². The summed E-state index contributed by atoms with van der Waals surface area (Å²) in [6, 6.07) is 41.5. The van der Waals surface area contributed by atoms with Gasteiger partial charge in [0.2, 0.25) is 0 Å². The molecule has 0 fully saturated rings. The van der Waals surface area contributed by atoms with Crippen LogP contribution in [0.1, 0.15) is 34.0 Å². The molecular formula is C39H29FN4O2. The molecule has 2 heterocycles. The summed E-state index contributed by atoms with van der Waals surface area (Å²) >= 11 is 0.